The molecule has 2 aromatic rings. The number of nitrogens with zero attached hydrogens (tertiary/aromatic N) is 2. The molecular formula is C16H15FN4O3. The molecule has 2 rings (SSSR count). The number of urea groups is 1. The first-order valence-electron chi connectivity index (χ1n) is 6.87. The predicted octanol–water partition coefficient (Wildman–Crippen LogP) is 1.82. The summed E-state index contributed by atoms with van der Waals surface area (Å²) >= 11 is 0. The predicted molar refractivity (Wildman–Crippen MR) is 86.0 cm³/mol. The van der Waals surface area contributed by atoms with Gasteiger partial charge in [0.15, 0.2) is 0 Å². The molecule has 2 aromatic carbocycles. The van der Waals surface area contributed by atoms with Gasteiger partial charge in [0.1, 0.15) is 23.9 Å². The van der Waals surface area contributed by atoms with Gasteiger partial charge in [0.2, 0.25) is 5.91 Å². The van der Waals surface area contributed by atoms with E-state index in [-0.39, 0.29) is 5.82 Å². The van der Waals surface area contributed by atoms with E-state index in [9.17, 15) is 14.0 Å². The maximum atomic E-state index is 12.8. The number of halogens is 1. The smallest absolute Gasteiger partial charge is 0.335 e. The van der Waals surface area contributed by atoms with E-state index in [1.807, 2.05) is 0 Å². The van der Waals surface area contributed by atoms with E-state index in [0.29, 0.717) is 17.1 Å². The summed E-state index contributed by atoms with van der Waals surface area (Å²) in [6.07, 6.45) is 1.36. The van der Waals surface area contributed by atoms with Crippen molar-refractivity contribution in [2.75, 3.05) is 6.54 Å². The third kappa shape index (κ3) is 5.09. The number of rotatable bonds is 6. The molecule has 0 aliphatic rings. The SMILES string of the molecule is NC(=O)CN(N=Cc1ccc(Oc2ccc(F)cc2)cc1)C(N)=O. The highest BCUT2D eigenvalue weighted by molar-refractivity contribution is 5.85. The number of hydrogen-bond acceptors (Lipinski definition) is 4. The van der Waals surface area contributed by atoms with Crippen molar-refractivity contribution in [2.45, 2.75) is 0 Å². The minimum Gasteiger partial charge on any atom is -0.457 e. The first-order valence-corrected chi connectivity index (χ1v) is 6.87. The van der Waals surface area contributed by atoms with Crippen LogP contribution in [0.15, 0.2) is 53.6 Å². The van der Waals surface area contributed by atoms with Crippen LogP contribution in [0.4, 0.5) is 9.18 Å². The van der Waals surface area contributed by atoms with E-state index in [1.54, 1.807) is 24.3 Å². The van der Waals surface area contributed by atoms with E-state index in [2.05, 4.69) is 5.10 Å². The van der Waals surface area contributed by atoms with E-state index < -0.39 is 18.5 Å². The molecule has 7 nitrogen and oxygen atoms in total. The van der Waals surface area contributed by atoms with Crippen molar-refractivity contribution < 1.29 is 18.7 Å². The summed E-state index contributed by atoms with van der Waals surface area (Å²) < 4.78 is 18.4. The van der Waals surface area contributed by atoms with Crippen LogP contribution >= 0.6 is 0 Å². The van der Waals surface area contributed by atoms with Crippen LogP contribution in [0.1, 0.15) is 5.56 Å². The van der Waals surface area contributed by atoms with Gasteiger partial charge in [0.25, 0.3) is 0 Å². The lowest BCUT2D eigenvalue weighted by Crippen LogP contribution is -2.38. The van der Waals surface area contributed by atoms with Crippen LogP contribution in [0.5, 0.6) is 11.5 Å². The number of nitrogens with two attached hydrogens (primary N) is 2. The second kappa shape index (κ2) is 7.73. The summed E-state index contributed by atoms with van der Waals surface area (Å²) in [4.78, 5) is 21.9. The molecule has 0 spiro atoms. The van der Waals surface area contributed by atoms with Crippen molar-refractivity contribution in [2.24, 2.45) is 16.6 Å². The molecule has 3 amide bonds. The summed E-state index contributed by atoms with van der Waals surface area (Å²) in [7, 11) is 0. The van der Waals surface area contributed by atoms with Crippen LogP contribution in [0.3, 0.4) is 0 Å². The monoisotopic (exact) mass is 330 g/mol. The minimum absolute atomic E-state index is 0.344. The molecule has 4 N–H and O–H groups in total. The molecule has 0 aromatic heterocycles. The third-order valence-corrected chi connectivity index (χ3v) is 2.84. The molecule has 0 heterocycles. The van der Waals surface area contributed by atoms with Crippen LogP contribution in [-0.2, 0) is 4.79 Å². The second-order valence-electron chi connectivity index (χ2n) is 4.73. The maximum Gasteiger partial charge on any atom is 0.335 e. The summed E-state index contributed by atoms with van der Waals surface area (Å²) in [6.45, 7) is -0.405. The second-order valence-corrected chi connectivity index (χ2v) is 4.73. The Morgan fingerprint density at radius 2 is 1.58 bits per heavy atom. The van der Waals surface area contributed by atoms with Crippen LogP contribution in [0.25, 0.3) is 0 Å². The molecule has 24 heavy (non-hydrogen) atoms. The number of carbonyl (C=O) groups excluding carboxylic acids is 2. The summed E-state index contributed by atoms with van der Waals surface area (Å²) in [6, 6.07) is 11.5. The van der Waals surface area contributed by atoms with E-state index >= 15 is 0 Å². The largest absolute Gasteiger partial charge is 0.457 e. The number of ether oxygens (including phenoxy) is 1. The Hall–Kier alpha value is -3.42. The van der Waals surface area contributed by atoms with Crippen LogP contribution in [0, 0.1) is 5.82 Å². The zero-order valence-corrected chi connectivity index (χ0v) is 12.6. The molecule has 8 heteroatoms. The number of amides is 3. The van der Waals surface area contributed by atoms with Gasteiger partial charge < -0.3 is 16.2 Å². The lowest BCUT2D eigenvalue weighted by atomic mass is 10.2. The maximum absolute atomic E-state index is 12.8. The van der Waals surface area contributed by atoms with Gasteiger partial charge in [0, 0.05) is 0 Å². The zero-order valence-electron chi connectivity index (χ0n) is 12.6. The van der Waals surface area contributed by atoms with Crippen molar-refractivity contribution in [3.05, 3.63) is 59.9 Å². The van der Waals surface area contributed by atoms with Crippen molar-refractivity contribution >= 4 is 18.2 Å². The van der Waals surface area contributed by atoms with E-state index in [0.717, 1.165) is 5.01 Å². The van der Waals surface area contributed by atoms with Crippen LogP contribution in [-0.4, -0.2) is 29.7 Å². The summed E-state index contributed by atoms with van der Waals surface area (Å²) in [5, 5.41) is 4.56. The fourth-order valence-corrected chi connectivity index (χ4v) is 1.72. The number of hydrazone groups is 1. The molecule has 0 radical (unpaired) electrons. The van der Waals surface area contributed by atoms with Crippen molar-refractivity contribution in [1.29, 1.82) is 0 Å². The zero-order chi connectivity index (χ0) is 17.5. The molecule has 0 fully saturated rings. The standard InChI is InChI=1S/C16H15FN4O3/c17-12-3-7-14(8-4-12)24-13-5-1-11(2-6-13)9-20-21(16(19)23)10-15(18)22/h1-9H,10H2,(H2,18,22)(H2,19,23). The Morgan fingerprint density at radius 3 is 2.08 bits per heavy atom. The topological polar surface area (TPSA) is 111 Å². The fourth-order valence-electron chi connectivity index (χ4n) is 1.72. The van der Waals surface area contributed by atoms with E-state index in [1.165, 1.54) is 30.5 Å². The Bertz CT molecular complexity index is 745. The molecular weight excluding hydrogens is 315 g/mol. The van der Waals surface area contributed by atoms with Gasteiger partial charge in [-0.1, -0.05) is 0 Å². The first kappa shape index (κ1) is 16.9. The lowest BCUT2D eigenvalue weighted by molar-refractivity contribution is -0.118. The Balaban J connectivity index is 2.03. The summed E-state index contributed by atoms with van der Waals surface area (Å²) in [5.74, 6) is -0.0281. The highest BCUT2D eigenvalue weighted by atomic mass is 19.1. The minimum atomic E-state index is -0.888. The van der Waals surface area contributed by atoms with Gasteiger partial charge >= 0.3 is 6.03 Å². The number of primary amides is 2. The van der Waals surface area contributed by atoms with Crippen LogP contribution < -0.4 is 16.2 Å². The lowest BCUT2D eigenvalue weighted by Gasteiger charge is -2.11. The van der Waals surface area contributed by atoms with Gasteiger partial charge in [-0.05, 0) is 54.1 Å². The number of carbonyl (C=O) groups is 2. The Kier molecular flexibility index (Phi) is 5.45. The van der Waals surface area contributed by atoms with Crippen molar-refractivity contribution in [1.82, 2.24) is 5.01 Å². The highest BCUT2D eigenvalue weighted by Crippen LogP contribution is 2.21. The molecule has 124 valence electrons. The van der Waals surface area contributed by atoms with Crippen molar-refractivity contribution in [3.63, 3.8) is 0 Å². The molecule has 0 atom stereocenters. The number of hydrogen-bond donors (Lipinski definition) is 2. The molecule has 0 unspecified atom stereocenters. The highest BCUT2D eigenvalue weighted by Gasteiger charge is 2.10. The summed E-state index contributed by atoms with van der Waals surface area (Å²) in [5.41, 5.74) is 10.7. The van der Waals surface area contributed by atoms with Gasteiger partial charge in [-0.25, -0.2) is 14.2 Å². The van der Waals surface area contributed by atoms with Crippen LogP contribution in [0.2, 0.25) is 0 Å². The average Bonchev–Trinajstić information content (AvgIpc) is 2.54. The molecule has 0 bridgehead atoms. The van der Waals surface area contributed by atoms with Gasteiger partial charge in [-0.15, -0.1) is 0 Å². The first-order chi connectivity index (χ1) is 11.4. The Morgan fingerprint density at radius 1 is 1.04 bits per heavy atom. The van der Waals surface area contributed by atoms with Gasteiger partial charge in [-0.2, -0.15) is 5.10 Å². The van der Waals surface area contributed by atoms with Gasteiger partial charge in [0.05, 0.1) is 6.21 Å². The molecule has 0 saturated carbocycles. The molecule has 0 saturated heterocycles. The third-order valence-electron chi connectivity index (χ3n) is 2.84. The van der Waals surface area contributed by atoms with Crippen molar-refractivity contribution in [3.8, 4) is 11.5 Å². The van der Waals surface area contributed by atoms with E-state index in [4.69, 9.17) is 16.2 Å². The molecule has 0 aliphatic carbocycles. The quantitative estimate of drug-likeness (QED) is 0.622. The number of benzene rings is 2. The Labute approximate surface area is 137 Å². The molecule has 0 aliphatic heterocycles. The van der Waals surface area contributed by atoms with Gasteiger partial charge in [-0.3, -0.25) is 4.79 Å². The normalized spacial score (nSPS) is 10.5. The fraction of sp³-hybridized carbons (Fsp3) is 0.0625. The average molecular weight is 330 g/mol.